The molecule has 0 aromatic carbocycles. The van der Waals surface area contributed by atoms with Gasteiger partial charge in [-0.05, 0) is 33.7 Å². The molecular formula is C10H22N2O3. The van der Waals surface area contributed by atoms with Crippen LogP contribution in [0.3, 0.4) is 0 Å². The molecule has 0 aromatic rings. The van der Waals surface area contributed by atoms with Crippen molar-refractivity contribution in [2.45, 2.75) is 44.9 Å². The van der Waals surface area contributed by atoms with Crippen LogP contribution < -0.4 is 11.1 Å². The van der Waals surface area contributed by atoms with Crippen molar-refractivity contribution in [3.8, 4) is 0 Å². The summed E-state index contributed by atoms with van der Waals surface area (Å²) in [6.07, 6.45) is 0.560. The van der Waals surface area contributed by atoms with E-state index in [0.29, 0.717) is 13.0 Å². The number of piperidine rings is 1. The lowest BCUT2D eigenvalue weighted by atomic mass is 10.1. The Balaban J connectivity index is 0.000000265. The maximum absolute atomic E-state index is 9.60. The lowest BCUT2D eigenvalue weighted by molar-refractivity contribution is -0.138. The first-order chi connectivity index (χ1) is 6.87. The zero-order valence-corrected chi connectivity index (χ0v) is 9.69. The highest BCUT2D eigenvalue weighted by Crippen LogP contribution is 2.02. The number of aliphatic hydroxyl groups is 1. The standard InChI is InChI=1S/C5H12N2O.C5H10O2/c6-4-1-2-7-3-5(4)8;1-5(2,3)7-4-6/h4-5,7-8H,1-3,6H2;4H,1-3H3. The number of hydrogen-bond donors (Lipinski definition) is 3. The molecule has 4 N–H and O–H groups in total. The lowest BCUT2D eigenvalue weighted by Gasteiger charge is -2.24. The van der Waals surface area contributed by atoms with Crippen molar-refractivity contribution >= 4 is 6.47 Å². The van der Waals surface area contributed by atoms with Crippen LogP contribution in [0.4, 0.5) is 0 Å². The molecule has 1 aliphatic heterocycles. The number of rotatable bonds is 1. The molecule has 1 fully saturated rings. The third kappa shape index (κ3) is 8.35. The zero-order valence-electron chi connectivity index (χ0n) is 9.69. The second kappa shape index (κ2) is 6.76. The predicted molar refractivity (Wildman–Crippen MR) is 58.4 cm³/mol. The third-order valence-electron chi connectivity index (χ3n) is 1.90. The second-order valence-electron chi connectivity index (χ2n) is 4.55. The molecule has 0 spiro atoms. The summed E-state index contributed by atoms with van der Waals surface area (Å²) in [5.74, 6) is 0. The lowest BCUT2D eigenvalue weighted by Crippen LogP contribution is -2.48. The Morgan fingerprint density at radius 2 is 2.13 bits per heavy atom. The number of nitrogens with one attached hydrogen (secondary N) is 1. The van der Waals surface area contributed by atoms with Gasteiger partial charge in [0.2, 0.25) is 0 Å². The number of nitrogens with two attached hydrogens (primary N) is 1. The molecule has 0 saturated carbocycles. The molecule has 1 saturated heterocycles. The summed E-state index contributed by atoms with van der Waals surface area (Å²) in [4.78, 5) is 9.60. The maximum atomic E-state index is 9.60. The summed E-state index contributed by atoms with van der Waals surface area (Å²) in [5, 5.41) is 12.0. The SMILES string of the molecule is CC(C)(C)OC=O.NC1CCNCC1O. The fraction of sp³-hybridized carbons (Fsp3) is 0.900. The van der Waals surface area contributed by atoms with Crippen LogP contribution in [0.1, 0.15) is 27.2 Å². The van der Waals surface area contributed by atoms with E-state index >= 15 is 0 Å². The van der Waals surface area contributed by atoms with Crippen molar-refractivity contribution in [2.75, 3.05) is 13.1 Å². The Morgan fingerprint density at radius 3 is 2.33 bits per heavy atom. The van der Waals surface area contributed by atoms with Crippen LogP contribution in [0.2, 0.25) is 0 Å². The third-order valence-corrected chi connectivity index (χ3v) is 1.90. The van der Waals surface area contributed by atoms with E-state index in [4.69, 9.17) is 10.8 Å². The van der Waals surface area contributed by atoms with Crippen LogP contribution in [0.15, 0.2) is 0 Å². The van der Waals surface area contributed by atoms with Crippen LogP contribution in [-0.4, -0.2) is 42.4 Å². The van der Waals surface area contributed by atoms with E-state index in [1.165, 1.54) is 0 Å². The molecule has 1 heterocycles. The molecule has 0 bridgehead atoms. The van der Waals surface area contributed by atoms with Crippen LogP contribution in [0.5, 0.6) is 0 Å². The highest BCUT2D eigenvalue weighted by molar-refractivity contribution is 5.37. The van der Waals surface area contributed by atoms with Crippen LogP contribution in [-0.2, 0) is 9.53 Å². The normalized spacial score (nSPS) is 26.2. The quantitative estimate of drug-likeness (QED) is 0.523. The number of aliphatic hydroxyl groups excluding tert-OH is 1. The van der Waals surface area contributed by atoms with E-state index < -0.39 is 0 Å². The number of ether oxygens (including phenoxy) is 1. The van der Waals surface area contributed by atoms with Gasteiger partial charge in [0.05, 0.1) is 6.10 Å². The van der Waals surface area contributed by atoms with Crippen LogP contribution in [0.25, 0.3) is 0 Å². The minimum atomic E-state index is -0.330. The number of β-amino-alcohol motifs (C(OH)–C–C–N with tert-alkyl or cyclic N) is 1. The molecule has 0 aromatic heterocycles. The molecule has 5 heteroatoms. The first-order valence-electron chi connectivity index (χ1n) is 5.12. The van der Waals surface area contributed by atoms with Gasteiger partial charge in [-0.25, -0.2) is 0 Å². The zero-order chi connectivity index (χ0) is 11.9. The van der Waals surface area contributed by atoms with Gasteiger partial charge in [0, 0.05) is 12.6 Å². The number of hydrogen-bond acceptors (Lipinski definition) is 5. The average Bonchev–Trinajstić information content (AvgIpc) is 2.09. The summed E-state index contributed by atoms with van der Waals surface area (Å²) >= 11 is 0. The molecule has 90 valence electrons. The number of carbonyl (C=O) groups excluding carboxylic acids is 1. The van der Waals surface area contributed by atoms with Crippen molar-refractivity contribution in [3.63, 3.8) is 0 Å². The van der Waals surface area contributed by atoms with E-state index in [2.05, 4.69) is 10.1 Å². The van der Waals surface area contributed by atoms with Gasteiger partial charge in [-0.2, -0.15) is 0 Å². The smallest absolute Gasteiger partial charge is 0.293 e. The highest BCUT2D eigenvalue weighted by Gasteiger charge is 2.17. The fourth-order valence-corrected chi connectivity index (χ4v) is 1.01. The summed E-state index contributed by atoms with van der Waals surface area (Å²) in [6.45, 7) is 7.52. The van der Waals surface area contributed by atoms with Crippen LogP contribution in [0, 0.1) is 0 Å². The van der Waals surface area contributed by atoms with E-state index in [-0.39, 0.29) is 17.7 Å². The average molecular weight is 218 g/mol. The van der Waals surface area contributed by atoms with Crippen LogP contribution >= 0.6 is 0 Å². The Labute approximate surface area is 91.0 Å². The Morgan fingerprint density at radius 1 is 1.53 bits per heavy atom. The van der Waals surface area contributed by atoms with Gasteiger partial charge in [-0.15, -0.1) is 0 Å². The first kappa shape index (κ1) is 14.3. The van der Waals surface area contributed by atoms with Crippen molar-refractivity contribution < 1.29 is 14.6 Å². The van der Waals surface area contributed by atoms with Crippen molar-refractivity contribution in [3.05, 3.63) is 0 Å². The first-order valence-corrected chi connectivity index (χ1v) is 5.12. The largest absolute Gasteiger partial charge is 0.462 e. The van der Waals surface area contributed by atoms with E-state index in [1.807, 2.05) is 20.8 Å². The van der Waals surface area contributed by atoms with Gasteiger partial charge in [0.25, 0.3) is 6.47 Å². The van der Waals surface area contributed by atoms with Crippen molar-refractivity contribution in [1.29, 1.82) is 0 Å². The van der Waals surface area contributed by atoms with Gasteiger partial charge in [-0.3, -0.25) is 4.79 Å². The number of carbonyl (C=O) groups is 1. The summed E-state index contributed by atoms with van der Waals surface area (Å²) < 4.78 is 4.55. The Hall–Kier alpha value is -0.650. The molecular weight excluding hydrogens is 196 g/mol. The Kier molecular flexibility index (Phi) is 6.47. The monoisotopic (exact) mass is 218 g/mol. The topological polar surface area (TPSA) is 84.6 Å². The molecule has 0 radical (unpaired) electrons. The fourth-order valence-electron chi connectivity index (χ4n) is 1.01. The summed E-state index contributed by atoms with van der Waals surface area (Å²) in [7, 11) is 0. The van der Waals surface area contributed by atoms with E-state index in [0.717, 1.165) is 13.0 Å². The van der Waals surface area contributed by atoms with Gasteiger partial charge in [-0.1, -0.05) is 0 Å². The van der Waals surface area contributed by atoms with Gasteiger partial charge in [0.15, 0.2) is 0 Å². The minimum absolute atomic E-state index is 0.00347. The van der Waals surface area contributed by atoms with Crippen molar-refractivity contribution in [2.24, 2.45) is 5.73 Å². The highest BCUT2D eigenvalue weighted by atomic mass is 16.5. The molecule has 2 unspecified atom stereocenters. The Bertz CT molecular complexity index is 170. The van der Waals surface area contributed by atoms with Gasteiger partial charge < -0.3 is 20.9 Å². The van der Waals surface area contributed by atoms with E-state index in [9.17, 15) is 4.79 Å². The second-order valence-corrected chi connectivity index (χ2v) is 4.55. The predicted octanol–water partition coefficient (Wildman–Crippen LogP) is -0.374. The molecule has 2 atom stereocenters. The summed E-state index contributed by atoms with van der Waals surface area (Å²) in [6, 6.07) is -0.00347. The molecule has 15 heavy (non-hydrogen) atoms. The van der Waals surface area contributed by atoms with Gasteiger partial charge in [0.1, 0.15) is 5.60 Å². The minimum Gasteiger partial charge on any atom is -0.462 e. The molecule has 0 amide bonds. The molecule has 0 aliphatic carbocycles. The van der Waals surface area contributed by atoms with E-state index in [1.54, 1.807) is 0 Å². The molecule has 5 nitrogen and oxygen atoms in total. The molecule has 1 rings (SSSR count). The maximum Gasteiger partial charge on any atom is 0.293 e. The molecule has 1 aliphatic rings. The van der Waals surface area contributed by atoms with Crippen molar-refractivity contribution in [1.82, 2.24) is 5.32 Å². The summed E-state index contributed by atoms with van der Waals surface area (Å²) in [5.41, 5.74) is 5.17. The van der Waals surface area contributed by atoms with Gasteiger partial charge >= 0.3 is 0 Å².